The first kappa shape index (κ1) is 19.8. The van der Waals surface area contributed by atoms with Gasteiger partial charge in [0.2, 0.25) is 20.0 Å². The Bertz CT molecular complexity index is 998. The lowest BCUT2D eigenvalue weighted by Crippen LogP contribution is -2.30. The van der Waals surface area contributed by atoms with Crippen molar-refractivity contribution in [3.63, 3.8) is 0 Å². The summed E-state index contributed by atoms with van der Waals surface area (Å²) in [6, 6.07) is 8.93. The Morgan fingerprint density at radius 2 is 1.85 bits per heavy atom. The molecule has 0 aliphatic heterocycles. The van der Waals surface area contributed by atoms with Crippen LogP contribution in [0.15, 0.2) is 46.2 Å². The molecule has 1 aromatic carbocycles. The smallest absolute Gasteiger partial charge is 0.208 e. The third kappa shape index (κ3) is 4.47. The molecule has 1 aromatic heterocycles. The maximum Gasteiger partial charge on any atom is 0.243 e. The van der Waals surface area contributed by atoms with E-state index in [9.17, 15) is 16.8 Å². The predicted molar refractivity (Wildman–Crippen MR) is 102 cm³/mol. The molecule has 0 unspecified atom stereocenters. The Labute approximate surface area is 162 Å². The molecule has 142 valence electrons. The molecule has 0 amide bonds. The maximum atomic E-state index is 13.0. The van der Waals surface area contributed by atoms with Crippen molar-refractivity contribution in [3.05, 3.63) is 45.6 Å². The van der Waals surface area contributed by atoms with E-state index < -0.39 is 20.0 Å². The van der Waals surface area contributed by atoms with Crippen LogP contribution >= 0.6 is 22.9 Å². The second-order valence-corrected chi connectivity index (χ2v) is 11.5. The lowest BCUT2D eigenvalue weighted by Gasteiger charge is -2.20. The number of sulfonamides is 2. The fourth-order valence-corrected chi connectivity index (χ4v) is 6.50. The Hall–Kier alpha value is -0.970. The fraction of sp³-hybridized carbons (Fsp3) is 0.375. The van der Waals surface area contributed by atoms with Crippen LogP contribution in [0.4, 0.5) is 0 Å². The molecular weight excluding hydrogens is 416 g/mol. The van der Waals surface area contributed by atoms with Crippen LogP contribution in [0.1, 0.15) is 24.6 Å². The van der Waals surface area contributed by atoms with Gasteiger partial charge in [-0.25, -0.2) is 21.6 Å². The fourth-order valence-electron chi connectivity index (χ4n) is 2.42. The maximum absolute atomic E-state index is 13.0. The van der Waals surface area contributed by atoms with Gasteiger partial charge < -0.3 is 0 Å². The van der Waals surface area contributed by atoms with Crippen molar-refractivity contribution in [1.82, 2.24) is 9.03 Å². The van der Waals surface area contributed by atoms with Crippen molar-refractivity contribution in [1.29, 1.82) is 0 Å². The molecule has 0 radical (unpaired) electrons. The van der Waals surface area contributed by atoms with Crippen LogP contribution in [0, 0.1) is 0 Å². The highest BCUT2D eigenvalue weighted by Gasteiger charge is 2.30. The van der Waals surface area contributed by atoms with Crippen LogP contribution in [0.5, 0.6) is 0 Å². The summed E-state index contributed by atoms with van der Waals surface area (Å²) < 4.78 is 55.1. The molecule has 1 saturated carbocycles. The first-order valence-electron chi connectivity index (χ1n) is 8.09. The summed E-state index contributed by atoms with van der Waals surface area (Å²) in [5, 5.41) is 0. The third-order valence-corrected chi connectivity index (χ3v) is 8.62. The minimum atomic E-state index is -3.83. The number of rotatable bonds is 8. The van der Waals surface area contributed by atoms with Crippen LogP contribution in [0.3, 0.4) is 0 Å². The van der Waals surface area contributed by atoms with Crippen LogP contribution < -0.4 is 4.72 Å². The van der Waals surface area contributed by atoms with Gasteiger partial charge in [-0.3, -0.25) is 0 Å². The van der Waals surface area contributed by atoms with E-state index in [2.05, 4.69) is 4.72 Å². The van der Waals surface area contributed by atoms with Gasteiger partial charge in [0.1, 0.15) is 0 Å². The van der Waals surface area contributed by atoms with Gasteiger partial charge in [-0.15, -0.1) is 11.3 Å². The molecule has 3 rings (SSSR count). The zero-order valence-corrected chi connectivity index (χ0v) is 17.3. The van der Waals surface area contributed by atoms with Gasteiger partial charge in [-0.1, -0.05) is 24.6 Å². The molecule has 1 aliphatic rings. The van der Waals surface area contributed by atoms with Gasteiger partial charge in [-0.05, 0) is 43.2 Å². The zero-order chi connectivity index (χ0) is 18.9. The number of benzene rings is 1. The third-order valence-electron chi connectivity index (χ3n) is 3.97. The van der Waals surface area contributed by atoms with Crippen molar-refractivity contribution in [2.75, 3.05) is 6.54 Å². The predicted octanol–water partition coefficient (Wildman–Crippen LogP) is 3.05. The van der Waals surface area contributed by atoms with E-state index in [0.29, 0.717) is 4.34 Å². The van der Waals surface area contributed by atoms with E-state index in [4.69, 9.17) is 11.6 Å². The van der Waals surface area contributed by atoms with Crippen LogP contribution in [0.2, 0.25) is 4.34 Å². The van der Waals surface area contributed by atoms with Crippen molar-refractivity contribution < 1.29 is 16.8 Å². The average Bonchev–Trinajstić information content (AvgIpc) is 3.30. The van der Waals surface area contributed by atoms with Crippen LogP contribution in [-0.4, -0.2) is 33.7 Å². The highest BCUT2D eigenvalue weighted by atomic mass is 35.5. The number of hydrogen-bond donors (Lipinski definition) is 1. The van der Waals surface area contributed by atoms with Gasteiger partial charge in [0, 0.05) is 24.0 Å². The van der Waals surface area contributed by atoms with Crippen LogP contribution in [0.25, 0.3) is 0 Å². The number of thiophene rings is 1. The molecule has 2 aromatic rings. The van der Waals surface area contributed by atoms with E-state index in [1.54, 1.807) is 19.1 Å². The summed E-state index contributed by atoms with van der Waals surface area (Å²) in [4.78, 5) is 0.737. The first-order valence-corrected chi connectivity index (χ1v) is 12.2. The van der Waals surface area contributed by atoms with Crippen LogP contribution in [-0.2, 0) is 26.6 Å². The first-order chi connectivity index (χ1) is 12.2. The molecule has 0 atom stereocenters. The quantitative estimate of drug-likeness (QED) is 0.692. The summed E-state index contributed by atoms with van der Waals surface area (Å²) in [6.45, 7) is 2.19. The van der Waals surface area contributed by atoms with E-state index in [1.165, 1.54) is 39.9 Å². The molecule has 1 heterocycles. The Balaban J connectivity index is 1.89. The minimum Gasteiger partial charge on any atom is -0.208 e. The SMILES string of the molecule is CCN(Cc1ccc(Cl)s1)S(=O)(=O)c1cccc(S(=O)(=O)NC2CC2)c1. The lowest BCUT2D eigenvalue weighted by molar-refractivity contribution is 0.426. The van der Waals surface area contributed by atoms with E-state index in [1.807, 2.05) is 0 Å². The minimum absolute atomic E-state index is 0.0410. The van der Waals surface area contributed by atoms with E-state index >= 15 is 0 Å². The summed E-state index contributed by atoms with van der Waals surface area (Å²) in [6.07, 6.45) is 1.62. The second-order valence-electron chi connectivity index (χ2n) is 6.01. The topological polar surface area (TPSA) is 83.6 Å². The number of nitrogens with zero attached hydrogens (tertiary/aromatic N) is 1. The van der Waals surface area contributed by atoms with Gasteiger partial charge in [0.05, 0.1) is 14.1 Å². The molecule has 1 fully saturated rings. The van der Waals surface area contributed by atoms with E-state index in [0.717, 1.165) is 17.7 Å². The Morgan fingerprint density at radius 1 is 1.15 bits per heavy atom. The standard InChI is InChI=1S/C16H19ClN2O4S3/c1-2-19(11-13-8-9-16(17)24-13)26(22,23)15-5-3-4-14(10-15)25(20,21)18-12-6-7-12/h3-5,8-10,12,18H,2,6-7,11H2,1H3. The summed E-state index contributed by atoms with van der Waals surface area (Å²) >= 11 is 7.23. The Kier molecular flexibility index (Phi) is 5.76. The molecule has 0 spiro atoms. The summed E-state index contributed by atoms with van der Waals surface area (Å²) in [7, 11) is -7.55. The Morgan fingerprint density at radius 3 is 2.42 bits per heavy atom. The van der Waals surface area contributed by atoms with Gasteiger partial charge in [-0.2, -0.15) is 4.31 Å². The number of hydrogen-bond acceptors (Lipinski definition) is 5. The normalized spacial score (nSPS) is 15.5. The largest absolute Gasteiger partial charge is 0.243 e. The van der Waals surface area contributed by atoms with Gasteiger partial charge in [0.15, 0.2) is 0 Å². The van der Waals surface area contributed by atoms with Gasteiger partial charge >= 0.3 is 0 Å². The lowest BCUT2D eigenvalue weighted by atomic mass is 10.4. The molecule has 26 heavy (non-hydrogen) atoms. The van der Waals surface area contributed by atoms with E-state index in [-0.39, 0.29) is 28.9 Å². The highest BCUT2D eigenvalue weighted by molar-refractivity contribution is 7.90. The molecule has 0 bridgehead atoms. The number of halogens is 1. The van der Waals surface area contributed by atoms with Gasteiger partial charge in [0.25, 0.3) is 0 Å². The molecular formula is C16H19ClN2O4S3. The molecule has 10 heteroatoms. The monoisotopic (exact) mass is 434 g/mol. The molecule has 6 nitrogen and oxygen atoms in total. The van der Waals surface area contributed by atoms with Crippen molar-refractivity contribution in [2.45, 2.75) is 42.1 Å². The second kappa shape index (κ2) is 7.57. The zero-order valence-electron chi connectivity index (χ0n) is 14.1. The molecule has 0 saturated heterocycles. The molecule has 1 N–H and O–H groups in total. The number of nitrogens with one attached hydrogen (secondary N) is 1. The highest BCUT2D eigenvalue weighted by Crippen LogP contribution is 2.27. The van der Waals surface area contributed by atoms with Crippen molar-refractivity contribution in [2.24, 2.45) is 0 Å². The van der Waals surface area contributed by atoms with Crippen molar-refractivity contribution in [3.8, 4) is 0 Å². The average molecular weight is 435 g/mol. The molecule has 1 aliphatic carbocycles. The summed E-state index contributed by atoms with van der Waals surface area (Å²) in [5.41, 5.74) is 0. The summed E-state index contributed by atoms with van der Waals surface area (Å²) in [5.74, 6) is 0. The van der Waals surface area contributed by atoms with Crippen molar-refractivity contribution >= 4 is 43.0 Å².